The van der Waals surface area contributed by atoms with Crippen molar-refractivity contribution in [2.75, 3.05) is 20.3 Å². The van der Waals surface area contributed by atoms with E-state index in [1.165, 1.54) is 26.3 Å². The lowest BCUT2D eigenvalue weighted by Gasteiger charge is -2.20. The second-order valence-electron chi connectivity index (χ2n) is 7.18. The van der Waals surface area contributed by atoms with Crippen molar-refractivity contribution >= 4 is 17.8 Å². The first-order valence-electron chi connectivity index (χ1n) is 10.2. The molecule has 9 nitrogen and oxygen atoms in total. The molecule has 0 spiro atoms. The fraction of sp³-hybridized carbons (Fsp3) is 0.391. The average Bonchev–Trinajstić information content (AvgIpc) is 2.76. The number of hydrogen-bond donors (Lipinski definition) is 2. The number of amides is 1. The van der Waals surface area contributed by atoms with Gasteiger partial charge in [-0.25, -0.2) is 4.98 Å². The molecule has 0 radical (unpaired) electrons. The number of pyridine rings is 1. The molecule has 1 aromatic heterocycles. The van der Waals surface area contributed by atoms with E-state index in [-0.39, 0.29) is 30.3 Å². The smallest absolute Gasteiger partial charge is 0.309 e. The summed E-state index contributed by atoms with van der Waals surface area (Å²) in [7, 11) is 1.37. The molecular formula is C23H28N2O7. The van der Waals surface area contributed by atoms with E-state index in [9.17, 15) is 19.5 Å². The SMILES string of the molecule is COc1ccnc(C(=O)NCCOC(=O)C(Cc2ccccc2)CC(C)OC(C)=O)c1O. The van der Waals surface area contributed by atoms with Gasteiger partial charge in [0, 0.05) is 19.2 Å². The number of aromatic hydroxyl groups is 1. The fourth-order valence-electron chi connectivity index (χ4n) is 3.18. The van der Waals surface area contributed by atoms with Gasteiger partial charge in [-0.1, -0.05) is 30.3 Å². The molecule has 0 saturated heterocycles. The Morgan fingerprint density at radius 1 is 1.16 bits per heavy atom. The largest absolute Gasteiger partial charge is 0.503 e. The Hall–Kier alpha value is -3.62. The molecule has 2 rings (SSSR count). The minimum Gasteiger partial charge on any atom is -0.503 e. The minimum absolute atomic E-state index is 0.0282. The first-order valence-corrected chi connectivity index (χ1v) is 10.2. The van der Waals surface area contributed by atoms with Gasteiger partial charge in [-0.2, -0.15) is 0 Å². The molecule has 2 N–H and O–H groups in total. The highest BCUT2D eigenvalue weighted by Gasteiger charge is 2.24. The predicted molar refractivity (Wildman–Crippen MR) is 115 cm³/mol. The molecule has 1 heterocycles. The molecule has 2 atom stereocenters. The van der Waals surface area contributed by atoms with Crippen LogP contribution in [-0.4, -0.2) is 54.3 Å². The Morgan fingerprint density at radius 2 is 1.88 bits per heavy atom. The molecule has 0 aliphatic carbocycles. The molecule has 2 unspecified atom stereocenters. The van der Waals surface area contributed by atoms with E-state index < -0.39 is 29.9 Å². The zero-order chi connectivity index (χ0) is 23.5. The van der Waals surface area contributed by atoms with Gasteiger partial charge < -0.3 is 24.6 Å². The molecule has 9 heteroatoms. The number of hydrogen-bond acceptors (Lipinski definition) is 8. The molecule has 0 aliphatic heterocycles. The third kappa shape index (κ3) is 7.57. The maximum absolute atomic E-state index is 12.7. The number of benzene rings is 1. The number of nitrogens with zero attached hydrogens (tertiary/aromatic N) is 1. The predicted octanol–water partition coefficient (Wildman–Crippen LogP) is 2.27. The second-order valence-corrected chi connectivity index (χ2v) is 7.18. The van der Waals surface area contributed by atoms with Crippen LogP contribution in [0.2, 0.25) is 0 Å². The monoisotopic (exact) mass is 444 g/mol. The van der Waals surface area contributed by atoms with Crippen LogP contribution in [0.1, 0.15) is 36.3 Å². The van der Waals surface area contributed by atoms with Crippen molar-refractivity contribution < 1.29 is 33.7 Å². The summed E-state index contributed by atoms with van der Waals surface area (Å²) in [5, 5.41) is 12.5. The molecule has 0 bridgehead atoms. The van der Waals surface area contributed by atoms with E-state index in [2.05, 4.69) is 10.3 Å². The van der Waals surface area contributed by atoms with Crippen LogP contribution in [0.3, 0.4) is 0 Å². The molecule has 172 valence electrons. The summed E-state index contributed by atoms with van der Waals surface area (Å²) < 4.78 is 15.5. The van der Waals surface area contributed by atoms with E-state index in [1.807, 2.05) is 30.3 Å². The summed E-state index contributed by atoms with van der Waals surface area (Å²) in [6.07, 6.45) is 1.63. The first kappa shape index (κ1) is 24.6. The Kier molecular flexibility index (Phi) is 9.46. The molecule has 1 amide bonds. The maximum atomic E-state index is 12.7. The van der Waals surface area contributed by atoms with Crippen LogP contribution in [0.15, 0.2) is 42.6 Å². The van der Waals surface area contributed by atoms with Crippen molar-refractivity contribution in [3.05, 3.63) is 53.9 Å². The lowest BCUT2D eigenvalue weighted by Crippen LogP contribution is -2.31. The van der Waals surface area contributed by atoms with Gasteiger partial charge in [0.1, 0.15) is 6.61 Å². The van der Waals surface area contributed by atoms with E-state index in [0.29, 0.717) is 12.8 Å². The molecule has 32 heavy (non-hydrogen) atoms. The summed E-state index contributed by atoms with van der Waals surface area (Å²) in [6.45, 7) is 3.00. The highest BCUT2D eigenvalue weighted by atomic mass is 16.5. The summed E-state index contributed by atoms with van der Waals surface area (Å²) in [5.74, 6) is -2.26. The second kappa shape index (κ2) is 12.3. The number of nitrogens with one attached hydrogen (secondary N) is 1. The van der Waals surface area contributed by atoms with E-state index >= 15 is 0 Å². The van der Waals surface area contributed by atoms with Crippen molar-refractivity contribution in [3.63, 3.8) is 0 Å². The number of carbonyl (C=O) groups is 3. The normalized spacial score (nSPS) is 12.3. The van der Waals surface area contributed by atoms with Gasteiger partial charge in [0.15, 0.2) is 17.2 Å². The van der Waals surface area contributed by atoms with Gasteiger partial charge in [0.05, 0.1) is 25.7 Å². The lowest BCUT2D eigenvalue weighted by atomic mass is 9.94. The lowest BCUT2D eigenvalue weighted by molar-refractivity contribution is -0.153. The van der Waals surface area contributed by atoms with Crippen LogP contribution in [0.5, 0.6) is 11.5 Å². The number of ether oxygens (including phenoxy) is 3. The summed E-state index contributed by atoms with van der Waals surface area (Å²) in [6, 6.07) is 10.9. The quantitative estimate of drug-likeness (QED) is 0.400. The number of aromatic nitrogens is 1. The highest BCUT2D eigenvalue weighted by molar-refractivity contribution is 5.95. The topological polar surface area (TPSA) is 124 Å². The van der Waals surface area contributed by atoms with Crippen molar-refractivity contribution in [2.24, 2.45) is 5.92 Å². The summed E-state index contributed by atoms with van der Waals surface area (Å²) in [5.41, 5.74) is 0.769. The molecule has 0 saturated carbocycles. The van der Waals surface area contributed by atoms with Gasteiger partial charge in [-0.15, -0.1) is 0 Å². The van der Waals surface area contributed by atoms with Gasteiger partial charge in [-0.3, -0.25) is 14.4 Å². The molecule has 2 aromatic rings. The fourth-order valence-corrected chi connectivity index (χ4v) is 3.18. The number of esters is 2. The zero-order valence-corrected chi connectivity index (χ0v) is 18.4. The standard InChI is InChI=1S/C23H28N2O7/c1-15(32-16(2)26)13-18(14-17-7-5-4-6-8-17)23(29)31-12-11-25-22(28)20-21(27)19(30-3)9-10-24-20/h4-10,15,18,27H,11-14H2,1-3H3,(H,25,28). The van der Waals surface area contributed by atoms with E-state index in [0.717, 1.165) is 5.56 Å². The first-order chi connectivity index (χ1) is 15.3. The van der Waals surface area contributed by atoms with E-state index in [1.54, 1.807) is 6.92 Å². The van der Waals surface area contributed by atoms with Crippen LogP contribution in [0.4, 0.5) is 0 Å². The zero-order valence-electron chi connectivity index (χ0n) is 18.4. The van der Waals surface area contributed by atoms with Gasteiger partial charge in [0.25, 0.3) is 5.91 Å². The van der Waals surface area contributed by atoms with Crippen LogP contribution >= 0.6 is 0 Å². The average molecular weight is 444 g/mol. The van der Waals surface area contributed by atoms with Crippen molar-refractivity contribution in [3.8, 4) is 11.5 Å². The number of rotatable bonds is 11. The van der Waals surface area contributed by atoms with Crippen LogP contribution in [0, 0.1) is 5.92 Å². The molecule has 0 aliphatic rings. The van der Waals surface area contributed by atoms with E-state index in [4.69, 9.17) is 14.2 Å². The number of methoxy groups -OCH3 is 1. The molecule has 1 aromatic carbocycles. The van der Waals surface area contributed by atoms with Gasteiger partial charge in [-0.05, 0) is 25.3 Å². The third-order valence-electron chi connectivity index (χ3n) is 4.60. The minimum atomic E-state index is -0.623. The van der Waals surface area contributed by atoms with Crippen LogP contribution < -0.4 is 10.1 Å². The molecule has 0 fully saturated rings. The maximum Gasteiger partial charge on any atom is 0.309 e. The van der Waals surface area contributed by atoms with Crippen LogP contribution in [0.25, 0.3) is 0 Å². The van der Waals surface area contributed by atoms with Crippen molar-refractivity contribution in [2.45, 2.75) is 32.8 Å². The van der Waals surface area contributed by atoms with Gasteiger partial charge >= 0.3 is 11.9 Å². The van der Waals surface area contributed by atoms with Crippen molar-refractivity contribution in [1.82, 2.24) is 10.3 Å². The van der Waals surface area contributed by atoms with Gasteiger partial charge in [0.2, 0.25) is 0 Å². The Bertz CT molecular complexity index is 918. The summed E-state index contributed by atoms with van der Waals surface area (Å²) in [4.78, 5) is 40.0. The van der Waals surface area contributed by atoms with Crippen molar-refractivity contribution in [1.29, 1.82) is 0 Å². The Balaban J connectivity index is 1.91. The highest BCUT2D eigenvalue weighted by Crippen LogP contribution is 2.27. The Morgan fingerprint density at radius 3 is 2.53 bits per heavy atom. The third-order valence-corrected chi connectivity index (χ3v) is 4.60. The summed E-state index contributed by atoms with van der Waals surface area (Å²) >= 11 is 0. The molecular weight excluding hydrogens is 416 g/mol. The Labute approximate surface area is 186 Å². The number of carbonyl (C=O) groups excluding carboxylic acids is 3. The van der Waals surface area contributed by atoms with Crippen LogP contribution in [-0.2, 0) is 25.5 Å².